The Balaban J connectivity index is 1.72. The Hall–Kier alpha value is -2.54. The zero-order valence-corrected chi connectivity index (χ0v) is 14.7. The van der Waals surface area contributed by atoms with Gasteiger partial charge < -0.3 is 10.0 Å². The van der Waals surface area contributed by atoms with Gasteiger partial charge in [-0.3, -0.25) is 9.69 Å². The second kappa shape index (κ2) is 8.00. The van der Waals surface area contributed by atoms with Crippen LogP contribution in [0.4, 0.5) is 13.2 Å². The van der Waals surface area contributed by atoms with Crippen molar-refractivity contribution in [2.24, 2.45) is 0 Å². The maximum Gasteiger partial charge on any atom is 0.417 e. The highest BCUT2D eigenvalue weighted by Crippen LogP contribution is 2.34. The summed E-state index contributed by atoms with van der Waals surface area (Å²) in [7, 11) is 0. The molecule has 0 unspecified atom stereocenters. The van der Waals surface area contributed by atoms with Crippen molar-refractivity contribution in [2.75, 3.05) is 26.2 Å². The lowest BCUT2D eigenvalue weighted by Gasteiger charge is -2.23. The van der Waals surface area contributed by atoms with E-state index in [1.165, 1.54) is 4.90 Å². The highest BCUT2D eigenvalue weighted by Gasteiger charge is 2.36. The van der Waals surface area contributed by atoms with Crippen molar-refractivity contribution in [2.45, 2.75) is 19.1 Å². The molecular weight excluding hydrogens is 357 g/mol. The molecule has 7 heteroatoms. The van der Waals surface area contributed by atoms with Crippen LogP contribution in [-0.2, 0) is 12.7 Å². The van der Waals surface area contributed by atoms with Crippen molar-refractivity contribution in [3.8, 4) is 5.75 Å². The van der Waals surface area contributed by atoms with Crippen LogP contribution in [0.3, 0.4) is 0 Å². The topological polar surface area (TPSA) is 43.8 Å². The van der Waals surface area contributed by atoms with Crippen LogP contribution in [0.1, 0.15) is 27.9 Å². The summed E-state index contributed by atoms with van der Waals surface area (Å²) in [6.45, 7) is 2.82. The number of aromatic hydroxyl groups is 1. The molecule has 0 atom stereocenters. The van der Waals surface area contributed by atoms with Gasteiger partial charge in [-0.05, 0) is 30.2 Å². The number of hydrogen-bond donors (Lipinski definition) is 1. The molecule has 1 aliphatic heterocycles. The Kier molecular flexibility index (Phi) is 5.70. The van der Waals surface area contributed by atoms with Gasteiger partial charge in [-0.2, -0.15) is 13.2 Å². The van der Waals surface area contributed by atoms with E-state index in [0.29, 0.717) is 26.1 Å². The first-order valence-corrected chi connectivity index (χ1v) is 8.80. The molecule has 1 saturated heterocycles. The highest BCUT2D eigenvalue weighted by atomic mass is 19.4. The van der Waals surface area contributed by atoms with Gasteiger partial charge in [0.05, 0.1) is 11.1 Å². The summed E-state index contributed by atoms with van der Waals surface area (Å²) in [6.07, 6.45) is -3.97. The summed E-state index contributed by atoms with van der Waals surface area (Å²) in [5.41, 5.74) is -0.362. The number of phenolic OH excluding ortho intramolecular Hbond substituents is 1. The number of hydrogen-bond acceptors (Lipinski definition) is 3. The summed E-state index contributed by atoms with van der Waals surface area (Å²) in [5.74, 6) is -1.05. The second-order valence-corrected chi connectivity index (χ2v) is 6.64. The maximum atomic E-state index is 13.2. The van der Waals surface area contributed by atoms with Gasteiger partial charge in [0, 0.05) is 32.7 Å². The molecule has 0 bridgehead atoms. The third-order valence-electron chi connectivity index (χ3n) is 4.66. The van der Waals surface area contributed by atoms with Gasteiger partial charge in [0.2, 0.25) is 0 Å². The molecular formula is C20H21F3N2O2. The smallest absolute Gasteiger partial charge is 0.417 e. The van der Waals surface area contributed by atoms with E-state index in [4.69, 9.17) is 0 Å². The standard InChI is InChI=1S/C20H21F3N2O2/c21-20(22,23)18-8-7-16(26)13-17(18)19(27)25-10-4-9-24(11-12-25)14-15-5-2-1-3-6-15/h1-3,5-8,13,26H,4,9-12,14H2. The summed E-state index contributed by atoms with van der Waals surface area (Å²) in [4.78, 5) is 16.4. The average Bonchev–Trinajstić information content (AvgIpc) is 2.86. The fourth-order valence-corrected chi connectivity index (χ4v) is 3.30. The SMILES string of the molecule is O=C(c1cc(O)ccc1C(F)(F)F)N1CCCN(Cc2ccccc2)CC1. The lowest BCUT2D eigenvalue weighted by atomic mass is 10.0. The van der Waals surface area contributed by atoms with Gasteiger partial charge in [-0.15, -0.1) is 0 Å². The second-order valence-electron chi connectivity index (χ2n) is 6.64. The number of rotatable bonds is 3. The van der Waals surface area contributed by atoms with Crippen LogP contribution in [-0.4, -0.2) is 47.0 Å². The number of nitrogens with zero attached hydrogens (tertiary/aromatic N) is 2. The van der Waals surface area contributed by atoms with Gasteiger partial charge in [0.15, 0.2) is 0 Å². The van der Waals surface area contributed by atoms with Crippen LogP contribution in [0.25, 0.3) is 0 Å². The quantitative estimate of drug-likeness (QED) is 0.885. The Morgan fingerprint density at radius 3 is 2.44 bits per heavy atom. The van der Waals surface area contributed by atoms with Crippen molar-refractivity contribution in [3.63, 3.8) is 0 Å². The van der Waals surface area contributed by atoms with E-state index >= 15 is 0 Å². The van der Waals surface area contributed by atoms with Gasteiger partial charge in [0.1, 0.15) is 5.75 Å². The first-order chi connectivity index (χ1) is 12.8. The Bertz CT molecular complexity index is 794. The molecule has 1 heterocycles. The molecule has 144 valence electrons. The van der Waals surface area contributed by atoms with Crippen LogP contribution >= 0.6 is 0 Å². The van der Waals surface area contributed by atoms with Crippen LogP contribution in [0.15, 0.2) is 48.5 Å². The Morgan fingerprint density at radius 1 is 1.00 bits per heavy atom. The summed E-state index contributed by atoms with van der Waals surface area (Å²) in [6, 6.07) is 12.5. The minimum Gasteiger partial charge on any atom is -0.508 e. The average molecular weight is 378 g/mol. The van der Waals surface area contributed by atoms with Gasteiger partial charge >= 0.3 is 6.18 Å². The number of halogens is 3. The molecule has 0 aliphatic carbocycles. The molecule has 0 aromatic heterocycles. The van der Waals surface area contributed by atoms with Crippen molar-refractivity contribution >= 4 is 5.91 Å². The lowest BCUT2D eigenvalue weighted by Crippen LogP contribution is -2.36. The first kappa shape index (κ1) is 19.2. The molecule has 1 N–H and O–H groups in total. The van der Waals surface area contributed by atoms with Crippen LogP contribution in [0.5, 0.6) is 5.75 Å². The number of amides is 1. The number of alkyl halides is 3. The minimum absolute atomic E-state index is 0.346. The number of carbonyl (C=O) groups excluding carboxylic acids is 1. The van der Waals surface area contributed by atoms with Crippen molar-refractivity contribution in [1.82, 2.24) is 9.80 Å². The molecule has 1 fully saturated rings. The predicted octanol–water partition coefficient (Wildman–Crippen LogP) is 3.76. The Labute approximate surface area is 155 Å². The van der Waals surface area contributed by atoms with Crippen LogP contribution < -0.4 is 0 Å². The molecule has 27 heavy (non-hydrogen) atoms. The van der Waals surface area contributed by atoms with Crippen molar-refractivity contribution < 1.29 is 23.1 Å². The van der Waals surface area contributed by atoms with Crippen molar-refractivity contribution in [1.29, 1.82) is 0 Å². The zero-order chi connectivity index (χ0) is 19.4. The fourth-order valence-electron chi connectivity index (χ4n) is 3.30. The molecule has 0 spiro atoms. The molecule has 2 aromatic carbocycles. The number of benzene rings is 2. The summed E-state index contributed by atoms with van der Waals surface area (Å²) in [5, 5.41) is 9.57. The zero-order valence-electron chi connectivity index (χ0n) is 14.7. The monoisotopic (exact) mass is 378 g/mol. The van der Waals surface area contributed by atoms with Gasteiger partial charge in [-0.1, -0.05) is 30.3 Å². The third kappa shape index (κ3) is 4.80. The van der Waals surface area contributed by atoms with E-state index in [2.05, 4.69) is 4.90 Å². The number of phenols is 1. The number of carbonyl (C=O) groups is 1. The normalized spacial score (nSPS) is 16.2. The molecule has 4 nitrogen and oxygen atoms in total. The van der Waals surface area contributed by atoms with Gasteiger partial charge in [0.25, 0.3) is 5.91 Å². The summed E-state index contributed by atoms with van der Waals surface area (Å²) < 4.78 is 39.7. The van der Waals surface area contributed by atoms with E-state index in [-0.39, 0.29) is 5.75 Å². The minimum atomic E-state index is -4.65. The Morgan fingerprint density at radius 2 is 1.74 bits per heavy atom. The fraction of sp³-hybridized carbons (Fsp3) is 0.350. The van der Waals surface area contributed by atoms with Crippen molar-refractivity contribution in [3.05, 3.63) is 65.2 Å². The third-order valence-corrected chi connectivity index (χ3v) is 4.66. The van der Waals surface area contributed by atoms with E-state index in [9.17, 15) is 23.1 Å². The first-order valence-electron chi connectivity index (χ1n) is 8.80. The van der Waals surface area contributed by atoms with Gasteiger partial charge in [-0.25, -0.2) is 0 Å². The maximum absolute atomic E-state index is 13.2. The van der Waals surface area contributed by atoms with Crippen LogP contribution in [0, 0.1) is 0 Å². The van der Waals surface area contributed by atoms with Crippen LogP contribution in [0.2, 0.25) is 0 Å². The van der Waals surface area contributed by atoms with E-state index < -0.39 is 23.2 Å². The molecule has 3 rings (SSSR count). The van der Waals surface area contributed by atoms with E-state index in [0.717, 1.165) is 36.9 Å². The lowest BCUT2D eigenvalue weighted by molar-refractivity contribution is -0.138. The largest absolute Gasteiger partial charge is 0.508 e. The molecule has 0 saturated carbocycles. The molecule has 2 aromatic rings. The predicted molar refractivity (Wildman–Crippen MR) is 95.3 cm³/mol. The van der Waals surface area contributed by atoms with E-state index in [1.54, 1.807) is 0 Å². The molecule has 1 amide bonds. The molecule has 0 radical (unpaired) electrons. The summed E-state index contributed by atoms with van der Waals surface area (Å²) >= 11 is 0. The molecule has 1 aliphatic rings. The van der Waals surface area contributed by atoms with E-state index in [1.807, 2.05) is 30.3 Å². The highest BCUT2D eigenvalue weighted by molar-refractivity contribution is 5.96.